The summed E-state index contributed by atoms with van der Waals surface area (Å²) in [5, 5.41) is 9.95. The Hall–Kier alpha value is -0.980. The van der Waals surface area contributed by atoms with E-state index in [9.17, 15) is 14.8 Å². The summed E-state index contributed by atoms with van der Waals surface area (Å²) in [6, 6.07) is -1.75. The summed E-state index contributed by atoms with van der Waals surface area (Å²) in [4.78, 5) is 20.5. The molecule has 11 heavy (non-hydrogen) atoms. The number of hydroxylamine groups is 2. The molecule has 0 aromatic rings. The van der Waals surface area contributed by atoms with Crippen LogP contribution in [0.4, 0.5) is 0 Å². The Morgan fingerprint density at radius 3 is 2.36 bits per heavy atom. The monoisotopic (exact) mass is 160 g/mol. The normalized spacial score (nSPS) is 15.3. The molecule has 0 saturated heterocycles. The average molecular weight is 160 g/mol. The van der Waals surface area contributed by atoms with Gasteiger partial charge in [0.2, 0.25) is 12.3 Å². The summed E-state index contributed by atoms with van der Waals surface area (Å²) in [5.41, 5.74) is 10.4. The van der Waals surface area contributed by atoms with Gasteiger partial charge in [-0.1, -0.05) is 0 Å². The number of carbonyl (C=O) groups excluding carboxylic acids is 2. The van der Waals surface area contributed by atoms with Gasteiger partial charge in [-0.3, -0.25) is 9.59 Å². The fraction of sp³-hybridized carbons (Fsp3) is 0.600. The third kappa shape index (κ3) is 2.62. The van der Waals surface area contributed by atoms with Crippen LogP contribution in [0.1, 0.15) is 6.92 Å². The van der Waals surface area contributed by atoms with Crippen molar-refractivity contribution in [2.24, 2.45) is 11.5 Å². The number of nitrogens with two attached hydrogens (primary N) is 2. The van der Waals surface area contributed by atoms with E-state index in [1.165, 1.54) is 6.92 Å². The number of hydrogen-bond acceptors (Lipinski definition) is 5. The van der Waals surface area contributed by atoms with Crippen molar-refractivity contribution in [3.63, 3.8) is 0 Å². The lowest BCUT2D eigenvalue weighted by Crippen LogP contribution is -2.50. The topological polar surface area (TPSA) is 112 Å². The summed E-state index contributed by atoms with van der Waals surface area (Å²) in [5.74, 6) is -1.02. The van der Waals surface area contributed by atoms with Crippen LogP contribution in [0.25, 0.3) is 0 Å². The lowest BCUT2D eigenvalue weighted by atomic mass is 10.1. The van der Waals surface area contributed by atoms with E-state index in [2.05, 4.69) is 0 Å². The molecule has 0 radical (unpaired) electrons. The van der Waals surface area contributed by atoms with Crippen LogP contribution in [0.5, 0.6) is 0 Å². The predicted octanol–water partition coefficient (Wildman–Crippen LogP) is -1.86. The summed E-state index contributed by atoms with van der Waals surface area (Å²) in [7, 11) is 0. The van der Waals surface area contributed by atoms with Gasteiger partial charge in [0.15, 0.2) is 0 Å². The highest BCUT2D eigenvalue weighted by atomic mass is 16.5. The van der Waals surface area contributed by atoms with Gasteiger partial charge < -0.3 is 21.7 Å². The number of hydrogen-bond donors (Lipinski definition) is 2. The third-order valence-electron chi connectivity index (χ3n) is 1.16. The highest BCUT2D eigenvalue weighted by molar-refractivity contribution is 5.90. The van der Waals surface area contributed by atoms with E-state index in [1.54, 1.807) is 0 Å². The van der Waals surface area contributed by atoms with Crippen molar-refractivity contribution in [3.8, 4) is 0 Å². The Morgan fingerprint density at radius 1 is 1.64 bits per heavy atom. The van der Waals surface area contributed by atoms with Gasteiger partial charge in [0.1, 0.15) is 0 Å². The molecule has 0 spiro atoms. The first-order valence-corrected chi connectivity index (χ1v) is 2.97. The van der Waals surface area contributed by atoms with Gasteiger partial charge in [0.05, 0.1) is 6.04 Å². The Kier molecular flexibility index (Phi) is 3.66. The molecule has 2 unspecified atom stereocenters. The molecule has 64 valence electrons. The minimum atomic E-state index is -1.11. The van der Waals surface area contributed by atoms with E-state index in [0.29, 0.717) is 0 Å². The first-order chi connectivity index (χ1) is 5.00. The minimum absolute atomic E-state index is 0.148. The van der Waals surface area contributed by atoms with E-state index in [-0.39, 0.29) is 11.5 Å². The Labute approximate surface area is 63.7 Å². The highest BCUT2D eigenvalue weighted by Crippen LogP contribution is 1.91. The maximum absolute atomic E-state index is 10.7. The van der Waals surface area contributed by atoms with Crippen molar-refractivity contribution in [2.45, 2.75) is 19.0 Å². The zero-order valence-electron chi connectivity index (χ0n) is 6.06. The van der Waals surface area contributed by atoms with Crippen LogP contribution >= 0.6 is 0 Å². The second-order valence-corrected chi connectivity index (χ2v) is 2.15. The maximum atomic E-state index is 10.7. The molecule has 0 saturated carbocycles. The van der Waals surface area contributed by atoms with Crippen LogP contribution in [-0.2, 0) is 9.59 Å². The van der Waals surface area contributed by atoms with E-state index >= 15 is 0 Å². The van der Waals surface area contributed by atoms with Gasteiger partial charge >= 0.3 is 0 Å². The van der Waals surface area contributed by atoms with Crippen molar-refractivity contribution >= 4 is 12.3 Å². The first-order valence-electron chi connectivity index (χ1n) is 2.97. The first kappa shape index (κ1) is 10.0. The van der Waals surface area contributed by atoms with Gasteiger partial charge in [0, 0.05) is 6.04 Å². The molecular formula is C5H10N3O3-. The van der Waals surface area contributed by atoms with Crippen molar-refractivity contribution in [3.05, 3.63) is 5.21 Å². The van der Waals surface area contributed by atoms with Gasteiger partial charge in [-0.05, 0) is 6.92 Å². The Morgan fingerprint density at radius 2 is 2.09 bits per heavy atom. The Bertz CT molecular complexity index is 159. The molecule has 0 rings (SSSR count). The van der Waals surface area contributed by atoms with Crippen LogP contribution in [0.2, 0.25) is 0 Å². The Balaban J connectivity index is 4.12. The van der Waals surface area contributed by atoms with E-state index in [1.807, 2.05) is 0 Å². The van der Waals surface area contributed by atoms with Gasteiger partial charge in [-0.15, -0.1) is 0 Å². The molecule has 2 atom stereocenters. The average Bonchev–Trinajstić information content (AvgIpc) is 2.00. The lowest BCUT2D eigenvalue weighted by Gasteiger charge is -2.25. The van der Waals surface area contributed by atoms with Gasteiger partial charge in [0.25, 0.3) is 0 Å². The molecule has 6 heteroatoms. The van der Waals surface area contributed by atoms with Crippen molar-refractivity contribution in [1.82, 2.24) is 5.06 Å². The standard InChI is InChI=1S/C5H10N3O3/c1-3(6)4(7)5(10)8(11)2-9/h2-4H,6-7H2,1H3/q-1. The summed E-state index contributed by atoms with van der Waals surface area (Å²) in [6.07, 6.45) is -0.148. The van der Waals surface area contributed by atoms with Crippen LogP contribution in [0.3, 0.4) is 0 Å². The second-order valence-electron chi connectivity index (χ2n) is 2.15. The SMILES string of the molecule is CC(N)C(N)C(=O)N([O-])C=O. The van der Waals surface area contributed by atoms with Gasteiger partial charge in [-0.25, -0.2) is 0 Å². The van der Waals surface area contributed by atoms with Crippen LogP contribution in [0, 0.1) is 5.21 Å². The van der Waals surface area contributed by atoms with Crippen LogP contribution in [0.15, 0.2) is 0 Å². The van der Waals surface area contributed by atoms with Gasteiger partial charge in [-0.2, -0.15) is 0 Å². The number of rotatable bonds is 3. The molecule has 0 heterocycles. The molecule has 0 aliphatic carbocycles. The van der Waals surface area contributed by atoms with Crippen LogP contribution < -0.4 is 11.5 Å². The fourth-order valence-electron chi connectivity index (χ4n) is 0.424. The molecule has 0 fully saturated rings. The smallest absolute Gasteiger partial charge is 0.236 e. The van der Waals surface area contributed by atoms with E-state index < -0.39 is 18.0 Å². The lowest BCUT2D eigenvalue weighted by molar-refractivity contribution is -0.136. The molecule has 6 nitrogen and oxygen atoms in total. The summed E-state index contributed by atoms with van der Waals surface area (Å²) < 4.78 is 0. The number of nitrogens with zero attached hydrogens (tertiary/aromatic N) is 1. The van der Waals surface area contributed by atoms with Crippen molar-refractivity contribution in [1.29, 1.82) is 0 Å². The third-order valence-corrected chi connectivity index (χ3v) is 1.16. The molecule has 2 amide bonds. The van der Waals surface area contributed by atoms with Crippen molar-refractivity contribution in [2.75, 3.05) is 0 Å². The largest absolute Gasteiger partial charge is 0.750 e. The number of carbonyl (C=O) groups is 2. The molecular weight excluding hydrogens is 150 g/mol. The summed E-state index contributed by atoms with van der Waals surface area (Å²) in [6.45, 7) is 1.47. The number of amides is 2. The maximum Gasteiger partial charge on any atom is 0.236 e. The zero-order chi connectivity index (χ0) is 9.02. The summed E-state index contributed by atoms with van der Waals surface area (Å²) >= 11 is 0. The fourth-order valence-corrected chi connectivity index (χ4v) is 0.424. The zero-order valence-corrected chi connectivity index (χ0v) is 6.06. The molecule has 0 aromatic carbocycles. The second kappa shape index (κ2) is 4.02. The number of imide groups is 1. The van der Waals surface area contributed by atoms with E-state index in [4.69, 9.17) is 11.5 Å². The molecule has 4 N–H and O–H groups in total. The predicted molar refractivity (Wildman–Crippen MR) is 37.9 cm³/mol. The van der Waals surface area contributed by atoms with Crippen LogP contribution in [-0.4, -0.2) is 29.5 Å². The van der Waals surface area contributed by atoms with E-state index in [0.717, 1.165) is 0 Å². The highest BCUT2D eigenvalue weighted by Gasteiger charge is 2.18. The quantitative estimate of drug-likeness (QED) is 0.371. The van der Waals surface area contributed by atoms with Crippen molar-refractivity contribution < 1.29 is 9.59 Å². The molecule has 0 aliphatic rings. The minimum Gasteiger partial charge on any atom is -0.750 e. The molecule has 0 aliphatic heterocycles. The molecule has 0 aromatic heterocycles. The molecule has 0 bridgehead atoms.